The average Bonchev–Trinajstić information content (AvgIpc) is 2.73. The number of piperidine rings is 1. The van der Waals surface area contributed by atoms with Crippen molar-refractivity contribution in [3.05, 3.63) is 24.3 Å². The fourth-order valence-electron chi connectivity index (χ4n) is 3.57. The van der Waals surface area contributed by atoms with Gasteiger partial charge in [0.1, 0.15) is 18.0 Å². The molecule has 1 atom stereocenters. The van der Waals surface area contributed by atoms with Crippen LogP contribution in [0.15, 0.2) is 24.3 Å². The minimum atomic E-state index is -0.785. The molecule has 5 heteroatoms. The number of hydrogen-bond acceptors (Lipinski definition) is 4. The Hall–Kier alpha value is -1.59. The number of ether oxygens (including phenoxy) is 2. The average molecular weight is 405 g/mol. The van der Waals surface area contributed by atoms with Crippen molar-refractivity contribution in [3.8, 4) is 5.75 Å². The molecule has 1 saturated heterocycles. The van der Waals surface area contributed by atoms with Crippen molar-refractivity contribution in [1.29, 1.82) is 0 Å². The van der Waals surface area contributed by atoms with E-state index in [0.29, 0.717) is 13.2 Å². The monoisotopic (exact) mass is 404 g/mol. The van der Waals surface area contributed by atoms with E-state index in [2.05, 4.69) is 31.0 Å². The van der Waals surface area contributed by atoms with E-state index in [9.17, 15) is 4.79 Å². The van der Waals surface area contributed by atoms with E-state index in [1.54, 1.807) is 0 Å². The number of nitrogens with one attached hydrogen (secondary N) is 1. The van der Waals surface area contributed by atoms with Crippen molar-refractivity contribution < 1.29 is 14.3 Å². The molecule has 1 unspecified atom stereocenters. The molecule has 1 aliphatic heterocycles. The van der Waals surface area contributed by atoms with Crippen LogP contribution in [0.5, 0.6) is 5.75 Å². The molecule has 0 spiro atoms. The van der Waals surface area contributed by atoms with Crippen molar-refractivity contribution in [1.82, 2.24) is 4.90 Å². The van der Waals surface area contributed by atoms with Crippen LogP contribution in [0.25, 0.3) is 0 Å². The normalized spacial score (nSPS) is 17.7. The van der Waals surface area contributed by atoms with Crippen LogP contribution in [0.2, 0.25) is 0 Å². The highest BCUT2D eigenvalue weighted by Crippen LogP contribution is 2.23. The summed E-state index contributed by atoms with van der Waals surface area (Å²) >= 11 is 0. The quantitative estimate of drug-likeness (QED) is 0.526. The number of anilines is 1. The topological polar surface area (TPSA) is 50.8 Å². The van der Waals surface area contributed by atoms with Gasteiger partial charge in [0.25, 0.3) is 5.91 Å². The summed E-state index contributed by atoms with van der Waals surface area (Å²) in [6.07, 6.45) is 6.21. The largest absolute Gasteiger partial charge is 0.492 e. The molecule has 164 valence electrons. The van der Waals surface area contributed by atoms with Gasteiger partial charge in [-0.25, -0.2) is 0 Å². The van der Waals surface area contributed by atoms with Gasteiger partial charge in [-0.15, -0.1) is 0 Å². The molecule has 1 aromatic rings. The van der Waals surface area contributed by atoms with Crippen LogP contribution < -0.4 is 10.1 Å². The third-order valence-corrected chi connectivity index (χ3v) is 5.78. The highest BCUT2D eigenvalue weighted by Gasteiger charge is 2.33. The van der Waals surface area contributed by atoms with Gasteiger partial charge in [-0.1, -0.05) is 33.6 Å². The molecule has 1 N–H and O–H groups in total. The molecule has 1 fully saturated rings. The number of amides is 1. The summed E-state index contributed by atoms with van der Waals surface area (Å²) in [6.45, 7) is 13.0. The van der Waals surface area contributed by atoms with Gasteiger partial charge < -0.3 is 14.8 Å². The van der Waals surface area contributed by atoms with Gasteiger partial charge in [0.05, 0.1) is 0 Å². The van der Waals surface area contributed by atoms with Crippen LogP contribution in [0, 0.1) is 5.92 Å². The zero-order chi connectivity index (χ0) is 21.1. The maximum Gasteiger partial charge on any atom is 0.256 e. The number of unbranched alkanes of at least 4 members (excludes halogenated alkanes) is 1. The fraction of sp³-hybridized carbons (Fsp3) is 0.708. The molecule has 0 radical (unpaired) electrons. The summed E-state index contributed by atoms with van der Waals surface area (Å²) in [7, 11) is 0. The molecule has 0 aromatic heterocycles. The summed E-state index contributed by atoms with van der Waals surface area (Å²) < 4.78 is 11.8. The van der Waals surface area contributed by atoms with E-state index >= 15 is 0 Å². The zero-order valence-electron chi connectivity index (χ0n) is 18.8. The third kappa shape index (κ3) is 7.98. The van der Waals surface area contributed by atoms with Gasteiger partial charge in [-0.05, 0) is 75.9 Å². The lowest BCUT2D eigenvalue weighted by Gasteiger charge is -2.30. The first-order valence-corrected chi connectivity index (χ1v) is 11.4. The molecule has 1 aromatic carbocycles. The predicted octanol–water partition coefficient (Wildman–Crippen LogP) is 5.11. The molecule has 0 saturated carbocycles. The molecule has 0 bridgehead atoms. The van der Waals surface area contributed by atoms with Crippen LogP contribution >= 0.6 is 0 Å². The molecule has 1 aliphatic rings. The Labute approximate surface area is 177 Å². The first kappa shape index (κ1) is 23.7. The second kappa shape index (κ2) is 12.2. The summed E-state index contributed by atoms with van der Waals surface area (Å²) in [4.78, 5) is 15.3. The van der Waals surface area contributed by atoms with Crippen LogP contribution in [0.1, 0.15) is 66.2 Å². The number of carbonyl (C=O) groups is 1. The number of rotatable bonds is 12. The van der Waals surface area contributed by atoms with Crippen molar-refractivity contribution in [2.75, 3.05) is 38.2 Å². The Kier molecular flexibility index (Phi) is 9.95. The summed E-state index contributed by atoms with van der Waals surface area (Å²) in [5.74, 6) is 1.61. The highest BCUT2D eigenvalue weighted by atomic mass is 16.5. The zero-order valence-corrected chi connectivity index (χ0v) is 18.8. The van der Waals surface area contributed by atoms with Gasteiger partial charge in [0, 0.05) is 18.8 Å². The lowest BCUT2D eigenvalue weighted by Crippen LogP contribution is -2.43. The van der Waals surface area contributed by atoms with E-state index in [1.807, 2.05) is 31.2 Å². The number of benzene rings is 1. The van der Waals surface area contributed by atoms with Gasteiger partial charge in [0.2, 0.25) is 0 Å². The Morgan fingerprint density at radius 2 is 1.83 bits per heavy atom. The van der Waals surface area contributed by atoms with Gasteiger partial charge >= 0.3 is 0 Å². The lowest BCUT2D eigenvalue weighted by atomic mass is 9.97. The summed E-state index contributed by atoms with van der Waals surface area (Å²) in [6, 6.07) is 7.64. The standard InChI is InChI=1S/C24H40N2O3/c1-5-7-14-24(4,29-18-6-2)23(27)25-21-8-10-22(11-9-21)28-19-17-26-15-12-20(3)13-16-26/h8-11,20H,5-7,12-19H2,1-4H3,(H,25,27). The Balaban J connectivity index is 1.81. The Morgan fingerprint density at radius 1 is 1.14 bits per heavy atom. The minimum Gasteiger partial charge on any atom is -0.492 e. The van der Waals surface area contributed by atoms with E-state index in [1.165, 1.54) is 25.9 Å². The van der Waals surface area contributed by atoms with Crippen LogP contribution in [-0.4, -0.2) is 49.3 Å². The third-order valence-electron chi connectivity index (χ3n) is 5.78. The van der Waals surface area contributed by atoms with Crippen LogP contribution in [0.3, 0.4) is 0 Å². The van der Waals surface area contributed by atoms with Gasteiger partial charge in [0.15, 0.2) is 0 Å². The first-order valence-electron chi connectivity index (χ1n) is 11.4. The molecule has 0 aliphatic carbocycles. The van der Waals surface area contributed by atoms with E-state index in [4.69, 9.17) is 9.47 Å². The smallest absolute Gasteiger partial charge is 0.256 e. The maximum atomic E-state index is 12.8. The molecule has 1 heterocycles. The molecular formula is C24H40N2O3. The van der Waals surface area contributed by atoms with E-state index < -0.39 is 5.60 Å². The van der Waals surface area contributed by atoms with Gasteiger partial charge in [-0.3, -0.25) is 9.69 Å². The van der Waals surface area contributed by atoms with Crippen LogP contribution in [-0.2, 0) is 9.53 Å². The maximum absolute atomic E-state index is 12.8. The molecular weight excluding hydrogens is 364 g/mol. The molecule has 2 rings (SSSR count). The number of hydrogen-bond donors (Lipinski definition) is 1. The van der Waals surface area contributed by atoms with E-state index in [0.717, 1.165) is 49.6 Å². The van der Waals surface area contributed by atoms with E-state index in [-0.39, 0.29) is 5.91 Å². The molecule has 29 heavy (non-hydrogen) atoms. The van der Waals surface area contributed by atoms with Crippen molar-refractivity contribution in [3.63, 3.8) is 0 Å². The SMILES string of the molecule is CCCCC(C)(OCCC)C(=O)Nc1ccc(OCCN2CCC(C)CC2)cc1. The van der Waals surface area contributed by atoms with Crippen molar-refractivity contribution >= 4 is 11.6 Å². The predicted molar refractivity (Wildman–Crippen MR) is 120 cm³/mol. The fourth-order valence-corrected chi connectivity index (χ4v) is 3.57. The minimum absolute atomic E-state index is 0.0765. The molecule has 5 nitrogen and oxygen atoms in total. The number of likely N-dealkylation sites (tertiary alicyclic amines) is 1. The van der Waals surface area contributed by atoms with Crippen molar-refractivity contribution in [2.45, 2.75) is 71.8 Å². The molecule has 1 amide bonds. The Morgan fingerprint density at radius 3 is 2.45 bits per heavy atom. The van der Waals surface area contributed by atoms with Crippen LogP contribution in [0.4, 0.5) is 5.69 Å². The Bertz CT molecular complexity index is 587. The number of nitrogens with zero attached hydrogens (tertiary/aromatic N) is 1. The summed E-state index contributed by atoms with van der Waals surface area (Å²) in [5.41, 5.74) is -0.0113. The highest BCUT2D eigenvalue weighted by molar-refractivity contribution is 5.97. The first-order chi connectivity index (χ1) is 14.0. The lowest BCUT2D eigenvalue weighted by molar-refractivity contribution is -0.140. The summed E-state index contributed by atoms with van der Waals surface area (Å²) in [5, 5.41) is 3.01. The van der Waals surface area contributed by atoms with Gasteiger partial charge in [-0.2, -0.15) is 0 Å². The second-order valence-corrected chi connectivity index (χ2v) is 8.53. The second-order valence-electron chi connectivity index (χ2n) is 8.53. The number of carbonyl (C=O) groups excluding carboxylic acids is 1. The van der Waals surface area contributed by atoms with Crippen molar-refractivity contribution in [2.24, 2.45) is 5.92 Å².